The number of hydrogen-bond donors (Lipinski definition) is 2. The van der Waals surface area contributed by atoms with Crippen LogP contribution in [0.15, 0.2) is 57.9 Å². The number of rotatable bonds is 6. The third kappa shape index (κ3) is 3.99. The third-order valence-electron chi connectivity index (χ3n) is 4.01. The maximum absolute atomic E-state index is 12.7. The molecular formula is C19H19N3O5S. The quantitative estimate of drug-likeness (QED) is 0.655. The third-order valence-corrected chi connectivity index (χ3v) is 5.38. The lowest BCUT2D eigenvalue weighted by atomic mass is 10.2. The number of ether oxygens (including phenoxy) is 1. The smallest absolute Gasteiger partial charge is 0.262 e. The highest BCUT2D eigenvalue weighted by Gasteiger charge is 2.20. The zero-order valence-corrected chi connectivity index (χ0v) is 16.3. The molecule has 0 saturated heterocycles. The SMILES string of the molecule is COc1ccccc1NS(=O)(=O)c1cccc(NC(=O)c2c(C)noc2C)c1. The Kier molecular flexibility index (Phi) is 5.36. The van der Waals surface area contributed by atoms with Crippen LogP contribution in [0.5, 0.6) is 5.75 Å². The molecule has 0 spiro atoms. The Hall–Kier alpha value is -3.33. The number of sulfonamides is 1. The standard InChI is InChI=1S/C19H19N3O5S/c1-12-18(13(2)27-21-12)19(23)20-14-7-6-8-15(11-14)28(24,25)22-16-9-4-5-10-17(16)26-3/h4-11,22H,1-3H3,(H,20,23). The molecule has 0 aliphatic carbocycles. The number of carbonyl (C=O) groups is 1. The molecule has 3 aromatic rings. The van der Waals surface area contributed by atoms with Crippen molar-refractivity contribution in [3.05, 3.63) is 65.5 Å². The van der Waals surface area contributed by atoms with E-state index in [4.69, 9.17) is 9.26 Å². The van der Waals surface area contributed by atoms with Crippen molar-refractivity contribution in [3.63, 3.8) is 0 Å². The summed E-state index contributed by atoms with van der Waals surface area (Å²) < 4.78 is 38.1. The van der Waals surface area contributed by atoms with Gasteiger partial charge in [0, 0.05) is 5.69 Å². The van der Waals surface area contributed by atoms with Gasteiger partial charge in [-0.05, 0) is 44.2 Å². The summed E-state index contributed by atoms with van der Waals surface area (Å²) in [5.74, 6) is 0.356. The number of para-hydroxylation sites is 2. The maximum atomic E-state index is 12.7. The first-order valence-corrected chi connectivity index (χ1v) is 9.80. The van der Waals surface area contributed by atoms with Gasteiger partial charge in [-0.3, -0.25) is 9.52 Å². The zero-order chi connectivity index (χ0) is 20.3. The largest absolute Gasteiger partial charge is 0.495 e. The molecule has 1 amide bonds. The highest BCUT2D eigenvalue weighted by molar-refractivity contribution is 7.92. The fourth-order valence-electron chi connectivity index (χ4n) is 2.67. The van der Waals surface area contributed by atoms with Gasteiger partial charge in [0.25, 0.3) is 15.9 Å². The van der Waals surface area contributed by atoms with Gasteiger partial charge in [-0.1, -0.05) is 23.4 Å². The summed E-state index contributed by atoms with van der Waals surface area (Å²) >= 11 is 0. The number of benzene rings is 2. The summed E-state index contributed by atoms with van der Waals surface area (Å²) in [6.07, 6.45) is 0. The lowest BCUT2D eigenvalue weighted by Crippen LogP contribution is -2.16. The van der Waals surface area contributed by atoms with Crippen LogP contribution in [-0.2, 0) is 10.0 Å². The van der Waals surface area contributed by atoms with Gasteiger partial charge in [0.2, 0.25) is 0 Å². The molecule has 146 valence electrons. The normalized spacial score (nSPS) is 11.1. The van der Waals surface area contributed by atoms with E-state index in [0.29, 0.717) is 34.1 Å². The Bertz CT molecular complexity index is 1100. The van der Waals surface area contributed by atoms with Crippen LogP contribution >= 0.6 is 0 Å². The maximum Gasteiger partial charge on any atom is 0.262 e. The van der Waals surface area contributed by atoms with Crippen molar-refractivity contribution in [1.29, 1.82) is 0 Å². The highest BCUT2D eigenvalue weighted by Crippen LogP contribution is 2.27. The Morgan fingerprint density at radius 3 is 2.54 bits per heavy atom. The minimum atomic E-state index is -3.89. The summed E-state index contributed by atoms with van der Waals surface area (Å²) in [5.41, 5.74) is 1.42. The monoisotopic (exact) mass is 401 g/mol. The molecule has 0 saturated carbocycles. The van der Waals surface area contributed by atoms with Crippen LogP contribution in [0.25, 0.3) is 0 Å². The van der Waals surface area contributed by atoms with Crippen LogP contribution < -0.4 is 14.8 Å². The van der Waals surface area contributed by atoms with Gasteiger partial charge in [-0.15, -0.1) is 0 Å². The van der Waals surface area contributed by atoms with Crippen LogP contribution in [0.1, 0.15) is 21.8 Å². The molecule has 2 N–H and O–H groups in total. The van der Waals surface area contributed by atoms with Crippen LogP contribution in [0, 0.1) is 13.8 Å². The number of methoxy groups -OCH3 is 1. The Morgan fingerprint density at radius 2 is 1.86 bits per heavy atom. The van der Waals surface area contributed by atoms with Crippen LogP contribution in [-0.4, -0.2) is 26.6 Å². The van der Waals surface area contributed by atoms with Gasteiger partial charge in [0.1, 0.15) is 17.1 Å². The van der Waals surface area contributed by atoms with Gasteiger partial charge >= 0.3 is 0 Å². The lowest BCUT2D eigenvalue weighted by Gasteiger charge is -2.12. The van der Waals surface area contributed by atoms with Crippen molar-refractivity contribution >= 4 is 27.3 Å². The van der Waals surface area contributed by atoms with Gasteiger partial charge < -0.3 is 14.6 Å². The van der Waals surface area contributed by atoms with Gasteiger partial charge in [-0.25, -0.2) is 8.42 Å². The summed E-state index contributed by atoms with van der Waals surface area (Å²) in [7, 11) is -2.43. The summed E-state index contributed by atoms with van der Waals surface area (Å²) in [5, 5.41) is 6.41. The minimum Gasteiger partial charge on any atom is -0.495 e. The second-order valence-corrected chi connectivity index (χ2v) is 7.67. The molecule has 0 unspecified atom stereocenters. The molecule has 0 fully saturated rings. The van der Waals surface area contributed by atoms with E-state index in [1.165, 1.54) is 19.2 Å². The van der Waals surface area contributed by atoms with E-state index in [1.54, 1.807) is 50.2 Å². The second kappa shape index (κ2) is 7.73. The van der Waals surface area contributed by atoms with E-state index < -0.39 is 15.9 Å². The van der Waals surface area contributed by atoms with E-state index in [0.717, 1.165) is 0 Å². The molecule has 0 radical (unpaired) electrons. The molecule has 1 aromatic heterocycles. The predicted molar refractivity (Wildman–Crippen MR) is 104 cm³/mol. The van der Waals surface area contributed by atoms with Crippen LogP contribution in [0.3, 0.4) is 0 Å². The second-order valence-electron chi connectivity index (χ2n) is 5.99. The summed E-state index contributed by atoms with van der Waals surface area (Å²) in [6.45, 7) is 3.29. The van der Waals surface area contributed by atoms with Gasteiger partial charge in [-0.2, -0.15) is 0 Å². The molecule has 1 heterocycles. The minimum absolute atomic E-state index is 0.00466. The van der Waals surface area contributed by atoms with Crippen molar-refractivity contribution in [2.45, 2.75) is 18.7 Å². The number of aromatic nitrogens is 1. The molecule has 8 nitrogen and oxygen atoms in total. The topological polar surface area (TPSA) is 111 Å². The molecule has 0 aliphatic rings. The van der Waals surface area contributed by atoms with Gasteiger partial charge in [0.05, 0.1) is 23.4 Å². The van der Waals surface area contributed by atoms with E-state index in [9.17, 15) is 13.2 Å². The molecule has 2 aromatic carbocycles. The number of aryl methyl sites for hydroxylation is 2. The average molecular weight is 401 g/mol. The van der Waals surface area contributed by atoms with Crippen molar-refractivity contribution < 1.29 is 22.5 Å². The summed E-state index contributed by atoms with van der Waals surface area (Å²) in [6, 6.07) is 12.6. The molecule has 0 aliphatic heterocycles. The molecule has 28 heavy (non-hydrogen) atoms. The number of nitrogens with zero attached hydrogens (tertiary/aromatic N) is 1. The number of nitrogens with one attached hydrogen (secondary N) is 2. The first-order chi connectivity index (χ1) is 13.3. The van der Waals surface area contributed by atoms with Gasteiger partial charge in [0.15, 0.2) is 0 Å². The van der Waals surface area contributed by atoms with Crippen molar-refractivity contribution in [2.75, 3.05) is 17.1 Å². The number of anilines is 2. The first kappa shape index (κ1) is 19.4. The van der Waals surface area contributed by atoms with E-state index in [1.807, 2.05) is 0 Å². The highest BCUT2D eigenvalue weighted by atomic mass is 32.2. The van der Waals surface area contributed by atoms with E-state index in [-0.39, 0.29) is 4.90 Å². The fourth-order valence-corrected chi connectivity index (χ4v) is 3.79. The number of hydrogen-bond acceptors (Lipinski definition) is 6. The van der Waals surface area contributed by atoms with Crippen molar-refractivity contribution in [2.24, 2.45) is 0 Å². The average Bonchev–Trinajstić information content (AvgIpc) is 3.00. The molecule has 0 atom stereocenters. The van der Waals surface area contributed by atoms with Crippen LogP contribution in [0.4, 0.5) is 11.4 Å². The van der Waals surface area contributed by atoms with Crippen molar-refractivity contribution in [3.8, 4) is 5.75 Å². The summed E-state index contributed by atoms with van der Waals surface area (Å²) in [4.78, 5) is 12.5. The predicted octanol–water partition coefficient (Wildman–Crippen LogP) is 3.35. The zero-order valence-electron chi connectivity index (χ0n) is 15.5. The molecule has 9 heteroatoms. The Morgan fingerprint density at radius 1 is 1.11 bits per heavy atom. The Labute approximate surface area is 162 Å². The van der Waals surface area contributed by atoms with Crippen molar-refractivity contribution in [1.82, 2.24) is 5.16 Å². The van der Waals surface area contributed by atoms with E-state index in [2.05, 4.69) is 15.2 Å². The molecule has 0 bridgehead atoms. The Balaban J connectivity index is 1.85. The first-order valence-electron chi connectivity index (χ1n) is 8.32. The fraction of sp³-hybridized carbons (Fsp3) is 0.158. The number of carbonyl (C=O) groups excluding carboxylic acids is 1. The van der Waals surface area contributed by atoms with Crippen LogP contribution in [0.2, 0.25) is 0 Å². The van der Waals surface area contributed by atoms with E-state index >= 15 is 0 Å². The lowest BCUT2D eigenvalue weighted by molar-refractivity contribution is 0.102. The number of amides is 1. The molecule has 3 rings (SSSR count). The molecular weight excluding hydrogens is 382 g/mol.